The summed E-state index contributed by atoms with van der Waals surface area (Å²) in [5.74, 6) is 1.21. The highest BCUT2D eigenvalue weighted by molar-refractivity contribution is 5.93. The molecule has 42 heavy (non-hydrogen) atoms. The van der Waals surface area contributed by atoms with Crippen molar-refractivity contribution in [3.63, 3.8) is 0 Å². The molecule has 0 spiro atoms. The first-order chi connectivity index (χ1) is 20.3. The highest BCUT2D eigenvalue weighted by Gasteiger charge is 2.20. The number of carbonyl (C=O) groups excluding carboxylic acids is 1. The molecule has 0 saturated carbocycles. The minimum absolute atomic E-state index is 0.0132. The smallest absolute Gasteiger partial charge is 0.227 e. The maximum absolute atomic E-state index is 13.0. The Morgan fingerprint density at radius 1 is 1.10 bits per heavy atom. The first-order valence-electron chi connectivity index (χ1n) is 14.9. The van der Waals surface area contributed by atoms with E-state index in [2.05, 4.69) is 72.4 Å². The summed E-state index contributed by atoms with van der Waals surface area (Å²) in [4.78, 5) is 15.3. The lowest BCUT2D eigenvalue weighted by molar-refractivity contribution is -0.120. The van der Waals surface area contributed by atoms with Crippen LogP contribution in [0.4, 0.5) is 11.4 Å². The molecule has 4 aromatic rings. The average Bonchev–Trinajstić information content (AvgIpc) is 3.53. The number of likely N-dealkylation sites (N-methyl/N-ethyl adjacent to an activating group) is 1. The highest BCUT2D eigenvalue weighted by atomic mass is 16.5. The number of aryl methyl sites for hydroxylation is 2. The second kappa shape index (κ2) is 14.3. The number of hydrogen-bond acceptors (Lipinski definition) is 7. The Hall–Kier alpha value is -3.98. The second-order valence-corrected chi connectivity index (χ2v) is 10.7. The summed E-state index contributed by atoms with van der Waals surface area (Å²) in [6, 6.07) is 12.1. The first-order valence-corrected chi connectivity index (χ1v) is 14.9. The van der Waals surface area contributed by atoms with Crippen LogP contribution in [0.15, 0.2) is 36.4 Å². The Morgan fingerprint density at radius 2 is 1.90 bits per heavy atom. The van der Waals surface area contributed by atoms with Crippen LogP contribution in [-0.4, -0.2) is 59.6 Å². The lowest BCUT2D eigenvalue weighted by atomic mass is 9.98. The molecule has 1 N–H and O–H groups in total. The van der Waals surface area contributed by atoms with E-state index in [1.165, 1.54) is 5.69 Å². The minimum Gasteiger partial charge on any atom is -0.496 e. The number of nitrogens with one attached hydrogen (secondary N) is 1. The summed E-state index contributed by atoms with van der Waals surface area (Å²) >= 11 is 0. The maximum atomic E-state index is 13.0. The number of fused-ring (bicyclic) bond motifs is 1. The van der Waals surface area contributed by atoms with E-state index in [4.69, 9.17) is 14.6 Å². The number of benzene rings is 2. The Bertz CT molecular complexity index is 1560. The van der Waals surface area contributed by atoms with Crippen LogP contribution < -0.4 is 20.2 Å². The molecule has 9 heteroatoms. The molecular weight excluding hydrogens is 528 g/mol. The zero-order valence-corrected chi connectivity index (χ0v) is 26.0. The number of nitrogens with zero attached hydrogens (tertiary/aromatic N) is 5. The average molecular weight is 573 g/mol. The van der Waals surface area contributed by atoms with Crippen molar-refractivity contribution in [3.8, 4) is 17.1 Å². The maximum Gasteiger partial charge on any atom is 0.227 e. The topological polar surface area (TPSA) is 93.9 Å². The number of unbranched alkanes of at least 4 members (excludes halogenated alkanes) is 1. The van der Waals surface area contributed by atoms with Crippen LogP contribution in [0.3, 0.4) is 0 Å². The van der Waals surface area contributed by atoms with Gasteiger partial charge in [-0.15, -0.1) is 10.2 Å². The SMILES string of the molecule is CCCCC(CC)C(=O)Nc1ccc(OC)c(-c2nnc3/c(=C\c4ccc(N(CC)CCOC)cc4C)c(C)nn23)c1. The Labute approximate surface area is 248 Å². The van der Waals surface area contributed by atoms with Gasteiger partial charge < -0.3 is 19.7 Å². The lowest BCUT2D eigenvalue weighted by Crippen LogP contribution is -2.26. The minimum atomic E-state index is -0.0132. The largest absolute Gasteiger partial charge is 0.496 e. The molecule has 2 heterocycles. The molecule has 0 aliphatic rings. The number of rotatable bonds is 14. The van der Waals surface area contributed by atoms with Crippen molar-refractivity contribution in [1.82, 2.24) is 19.8 Å². The molecule has 2 aromatic carbocycles. The molecular formula is C33H44N6O3. The molecule has 2 aromatic heterocycles. The summed E-state index contributed by atoms with van der Waals surface area (Å²) in [5.41, 5.74) is 6.36. The summed E-state index contributed by atoms with van der Waals surface area (Å²) in [6.07, 6.45) is 5.92. The molecule has 1 atom stereocenters. The third-order valence-corrected chi connectivity index (χ3v) is 7.86. The molecule has 0 saturated heterocycles. The van der Waals surface area contributed by atoms with Crippen LogP contribution in [-0.2, 0) is 9.53 Å². The van der Waals surface area contributed by atoms with E-state index in [1.54, 1.807) is 18.7 Å². The van der Waals surface area contributed by atoms with E-state index in [9.17, 15) is 4.79 Å². The van der Waals surface area contributed by atoms with Crippen LogP contribution >= 0.6 is 0 Å². The fraction of sp³-hybridized carbons (Fsp3) is 0.455. The molecule has 9 nitrogen and oxygen atoms in total. The van der Waals surface area contributed by atoms with Gasteiger partial charge in [0.1, 0.15) is 5.75 Å². The van der Waals surface area contributed by atoms with Crippen molar-refractivity contribution in [3.05, 3.63) is 58.4 Å². The summed E-state index contributed by atoms with van der Waals surface area (Å²) < 4.78 is 12.7. The fourth-order valence-electron chi connectivity index (χ4n) is 5.27. The first kappa shape index (κ1) is 31.0. The van der Waals surface area contributed by atoms with Gasteiger partial charge in [0.05, 0.1) is 25.0 Å². The summed E-state index contributed by atoms with van der Waals surface area (Å²) in [5, 5.41) is 17.9. The molecule has 0 radical (unpaired) electrons. The van der Waals surface area contributed by atoms with E-state index in [0.717, 1.165) is 60.8 Å². The standard InChI is InChI=1S/C33H44N6O3/c1-8-11-12-24(9-2)33(40)34-26-14-16-30(42-7)29(21-26)32-36-35-31-28(23(5)37-39(31)32)20-25-13-15-27(19-22(25)4)38(10-3)17-18-41-6/h13-16,19-21,24H,8-12,17-18H2,1-7H3,(H,34,40)/b28-20-. The van der Waals surface area contributed by atoms with Gasteiger partial charge in [-0.25, -0.2) is 0 Å². The zero-order valence-electron chi connectivity index (χ0n) is 26.0. The quantitative estimate of drug-likeness (QED) is 0.210. The van der Waals surface area contributed by atoms with Gasteiger partial charge in [-0.05, 0) is 81.1 Å². The lowest BCUT2D eigenvalue weighted by Gasteiger charge is -2.23. The molecule has 0 aliphatic heterocycles. The number of carbonyl (C=O) groups is 1. The van der Waals surface area contributed by atoms with Gasteiger partial charge in [0.25, 0.3) is 0 Å². The monoisotopic (exact) mass is 572 g/mol. The van der Waals surface area contributed by atoms with Crippen molar-refractivity contribution in [2.24, 2.45) is 5.92 Å². The normalized spacial score (nSPS) is 12.6. The van der Waals surface area contributed by atoms with Crippen molar-refractivity contribution in [2.75, 3.05) is 44.1 Å². The van der Waals surface area contributed by atoms with Crippen LogP contribution in [0.5, 0.6) is 5.75 Å². The molecule has 0 aliphatic carbocycles. The van der Waals surface area contributed by atoms with Crippen molar-refractivity contribution >= 4 is 29.0 Å². The van der Waals surface area contributed by atoms with Crippen LogP contribution in [0.2, 0.25) is 0 Å². The zero-order chi connectivity index (χ0) is 30.2. The predicted octanol–water partition coefficient (Wildman–Crippen LogP) is 5.59. The molecule has 1 unspecified atom stereocenters. The van der Waals surface area contributed by atoms with Gasteiger partial charge in [-0.1, -0.05) is 32.8 Å². The number of ether oxygens (including phenoxy) is 2. The summed E-state index contributed by atoms with van der Waals surface area (Å²) in [6.45, 7) is 12.9. The van der Waals surface area contributed by atoms with Crippen LogP contribution in [0.25, 0.3) is 23.1 Å². The number of anilines is 2. The van der Waals surface area contributed by atoms with E-state index in [0.29, 0.717) is 35.1 Å². The molecule has 1 amide bonds. The van der Waals surface area contributed by atoms with E-state index in [-0.39, 0.29) is 11.8 Å². The van der Waals surface area contributed by atoms with Crippen molar-refractivity contribution < 1.29 is 14.3 Å². The summed E-state index contributed by atoms with van der Waals surface area (Å²) in [7, 11) is 3.35. The van der Waals surface area contributed by atoms with Gasteiger partial charge in [-0.3, -0.25) is 4.79 Å². The Balaban J connectivity index is 1.69. The van der Waals surface area contributed by atoms with E-state index in [1.807, 2.05) is 25.1 Å². The van der Waals surface area contributed by atoms with Gasteiger partial charge >= 0.3 is 0 Å². The van der Waals surface area contributed by atoms with E-state index >= 15 is 0 Å². The third-order valence-electron chi connectivity index (χ3n) is 7.86. The van der Waals surface area contributed by atoms with Crippen molar-refractivity contribution in [1.29, 1.82) is 0 Å². The molecule has 224 valence electrons. The number of methoxy groups -OCH3 is 2. The van der Waals surface area contributed by atoms with E-state index < -0.39 is 0 Å². The van der Waals surface area contributed by atoms with Gasteiger partial charge in [0.15, 0.2) is 11.5 Å². The van der Waals surface area contributed by atoms with Gasteiger partial charge in [0, 0.05) is 42.7 Å². The molecule has 0 bridgehead atoms. The van der Waals surface area contributed by atoms with Gasteiger partial charge in [-0.2, -0.15) is 9.61 Å². The molecule has 4 rings (SSSR count). The van der Waals surface area contributed by atoms with Crippen molar-refractivity contribution in [2.45, 2.75) is 60.3 Å². The number of amides is 1. The van der Waals surface area contributed by atoms with Crippen LogP contribution in [0.1, 0.15) is 63.3 Å². The fourth-order valence-corrected chi connectivity index (χ4v) is 5.27. The number of hydrogen-bond donors (Lipinski definition) is 1. The Morgan fingerprint density at radius 3 is 2.57 bits per heavy atom. The van der Waals surface area contributed by atoms with Crippen LogP contribution in [0, 0.1) is 19.8 Å². The molecule has 0 fully saturated rings. The van der Waals surface area contributed by atoms with Gasteiger partial charge in [0.2, 0.25) is 5.91 Å². The second-order valence-electron chi connectivity index (χ2n) is 10.7. The highest BCUT2D eigenvalue weighted by Crippen LogP contribution is 2.32. The predicted molar refractivity (Wildman–Crippen MR) is 169 cm³/mol. The Kier molecular flexibility index (Phi) is 10.5. The number of aromatic nitrogens is 4. The third kappa shape index (κ3) is 6.73.